The molecule has 28 heavy (non-hydrogen) atoms. The first-order chi connectivity index (χ1) is 13.6. The Bertz CT molecular complexity index is 833. The normalized spacial score (nSPS) is 20.6. The van der Waals surface area contributed by atoms with Crippen molar-refractivity contribution in [1.29, 1.82) is 0 Å². The number of rotatable bonds is 4. The number of thioether (sulfide) groups is 1. The predicted molar refractivity (Wildman–Crippen MR) is 111 cm³/mol. The molecular formula is C22H26N3O2S+. The molecule has 2 aliphatic heterocycles. The van der Waals surface area contributed by atoms with E-state index in [0.717, 1.165) is 42.9 Å². The van der Waals surface area contributed by atoms with Crippen molar-refractivity contribution in [3.63, 3.8) is 0 Å². The summed E-state index contributed by atoms with van der Waals surface area (Å²) in [5.41, 5.74) is 2.94. The molecule has 5 nitrogen and oxygen atoms in total. The van der Waals surface area contributed by atoms with Gasteiger partial charge in [-0.15, -0.1) is 11.8 Å². The van der Waals surface area contributed by atoms with Crippen molar-refractivity contribution >= 4 is 23.6 Å². The lowest BCUT2D eigenvalue weighted by molar-refractivity contribution is -0.883. The molecule has 0 aliphatic carbocycles. The zero-order valence-corrected chi connectivity index (χ0v) is 17.0. The van der Waals surface area contributed by atoms with Crippen molar-refractivity contribution in [3.05, 3.63) is 71.3 Å². The molecule has 0 bridgehead atoms. The lowest BCUT2D eigenvalue weighted by Gasteiger charge is -2.30. The molecule has 2 amide bonds. The van der Waals surface area contributed by atoms with Crippen LogP contribution in [0.25, 0.3) is 0 Å². The fourth-order valence-corrected chi connectivity index (χ4v) is 4.93. The maximum absolute atomic E-state index is 12.7. The lowest BCUT2D eigenvalue weighted by atomic mass is 10.1. The van der Waals surface area contributed by atoms with Crippen LogP contribution in [0.15, 0.2) is 54.6 Å². The summed E-state index contributed by atoms with van der Waals surface area (Å²) < 4.78 is 0. The molecule has 2 aliphatic rings. The minimum atomic E-state index is 0.00379. The number of piperazine rings is 1. The van der Waals surface area contributed by atoms with Crippen molar-refractivity contribution in [2.24, 2.45) is 0 Å². The average molecular weight is 397 g/mol. The molecule has 6 heteroatoms. The quantitative estimate of drug-likeness (QED) is 0.851. The van der Waals surface area contributed by atoms with Crippen molar-refractivity contribution in [2.45, 2.75) is 11.9 Å². The molecule has 2 aromatic rings. The molecular weight excluding hydrogens is 370 g/mol. The van der Waals surface area contributed by atoms with Crippen LogP contribution in [0.2, 0.25) is 0 Å². The Morgan fingerprint density at radius 1 is 1.07 bits per heavy atom. The third-order valence-electron chi connectivity index (χ3n) is 5.51. The van der Waals surface area contributed by atoms with Crippen LogP contribution in [-0.2, 0) is 11.3 Å². The minimum Gasteiger partial charge on any atom is -0.334 e. The van der Waals surface area contributed by atoms with E-state index in [4.69, 9.17) is 0 Å². The van der Waals surface area contributed by atoms with Gasteiger partial charge in [0.15, 0.2) is 0 Å². The van der Waals surface area contributed by atoms with Gasteiger partial charge in [-0.2, -0.15) is 0 Å². The second kappa shape index (κ2) is 8.37. The highest BCUT2D eigenvalue weighted by Crippen LogP contribution is 2.39. The van der Waals surface area contributed by atoms with E-state index in [1.165, 1.54) is 4.90 Å². The number of quaternary nitrogens is 1. The first-order valence-electron chi connectivity index (χ1n) is 9.77. The average Bonchev–Trinajstić information content (AvgIpc) is 3.09. The van der Waals surface area contributed by atoms with Crippen LogP contribution >= 0.6 is 11.8 Å². The molecule has 2 fully saturated rings. The van der Waals surface area contributed by atoms with Gasteiger partial charge in [-0.25, -0.2) is 0 Å². The van der Waals surface area contributed by atoms with E-state index in [0.29, 0.717) is 12.3 Å². The Morgan fingerprint density at radius 2 is 1.75 bits per heavy atom. The molecule has 2 heterocycles. The first-order valence-corrected chi connectivity index (χ1v) is 10.8. The minimum absolute atomic E-state index is 0.00379. The van der Waals surface area contributed by atoms with E-state index >= 15 is 0 Å². The summed E-state index contributed by atoms with van der Waals surface area (Å²) >= 11 is 1.65. The number of nitrogens with zero attached hydrogens (tertiary/aromatic N) is 2. The van der Waals surface area contributed by atoms with Crippen LogP contribution < -0.4 is 4.90 Å². The van der Waals surface area contributed by atoms with E-state index in [2.05, 4.69) is 7.05 Å². The standard InChI is InChI=1S/C22H25N3O2S/c1-23-11-13-24(14-12-23)21(27)18-7-9-19(10-8-18)22-25(20(26)16-28-22)15-17-5-3-2-4-6-17/h2-10,22H,11-16H2,1H3/p+1/t22-/m1/s1. The van der Waals surface area contributed by atoms with Crippen LogP contribution in [0.3, 0.4) is 0 Å². The number of likely N-dealkylation sites (N-methyl/N-ethyl adjacent to an activating group) is 1. The lowest BCUT2D eigenvalue weighted by Crippen LogP contribution is -3.12. The highest BCUT2D eigenvalue weighted by atomic mass is 32.2. The van der Waals surface area contributed by atoms with Gasteiger partial charge < -0.3 is 14.7 Å². The second-order valence-electron chi connectivity index (χ2n) is 7.54. The van der Waals surface area contributed by atoms with Gasteiger partial charge in [0.25, 0.3) is 5.91 Å². The van der Waals surface area contributed by atoms with Crippen molar-refractivity contribution in [2.75, 3.05) is 39.0 Å². The molecule has 2 saturated heterocycles. The first kappa shape index (κ1) is 19.0. The topological polar surface area (TPSA) is 45.1 Å². The Labute approximate surface area is 170 Å². The number of hydrogen-bond acceptors (Lipinski definition) is 3. The monoisotopic (exact) mass is 396 g/mol. The van der Waals surface area contributed by atoms with E-state index in [1.54, 1.807) is 11.8 Å². The van der Waals surface area contributed by atoms with E-state index in [-0.39, 0.29) is 17.2 Å². The third kappa shape index (κ3) is 4.08. The summed E-state index contributed by atoms with van der Waals surface area (Å²) in [5, 5.41) is 0.00379. The summed E-state index contributed by atoms with van der Waals surface area (Å²) in [6, 6.07) is 17.9. The Kier molecular flexibility index (Phi) is 5.69. The van der Waals surface area contributed by atoms with E-state index in [1.807, 2.05) is 64.4 Å². The Morgan fingerprint density at radius 3 is 2.43 bits per heavy atom. The number of carbonyl (C=O) groups excluding carboxylic acids is 2. The second-order valence-corrected chi connectivity index (χ2v) is 8.61. The smallest absolute Gasteiger partial charge is 0.254 e. The van der Waals surface area contributed by atoms with Crippen LogP contribution in [0, 0.1) is 0 Å². The molecule has 4 rings (SSSR count). The fraction of sp³-hybridized carbons (Fsp3) is 0.364. The van der Waals surface area contributed by atoms with Crippen molar-refractivity contribution < 1.29 is 14.5 Å². The van der Waals surface area contributed by atoms with Gasteiger partial charge in [-0.1, -0.05) is 42.5 Å². The van der Waals surface area contributed by atoms with Crippen LogP contribution in [-0.4, -0.2) is 60.6 Å². The molecule has 0 saturated carbocycles. The largest absolute Gasteiger partial charge is 0.334 e. The van der Waals surface area contributed by atoms with Gasteiger partial charge in [0.2, 0.25) is 5.91 Å². The van der Waals surface area contributed by atoms with Crippen LogP contribution in [0.1, 0.15) is 26.9 Å². The van der Waals surface area contributed by atoms with E-state index < -0.39 is 0 Å². The summed E-state index contributed by atoms with van der Waals surface area (Å²) in [4.78, 5) is 30.5. The van der Waals surface area contributed by atoms with Gasteiger partial charge in [0.1, 0.15) is 5.37 Å². The van der Waals surface area contributed by atoms with Gasteiger partial charge in [0, 0.05) is 12.1 Å². The zero-order valence-electron chi connectivity index (χ0n) is 16.1. The maximum atomic E-state index is 12.7. The summed E-state index contributed by atoms with van der Waals surface area (Å²) in [6.45, 7) is 4.23. The van der Waals surface area contributed by atoms with Crippen LogP contribution in [0.5, 0.6) is 0 Å². The zero-order chi connectivity index (χ0) is 19.5. The molecule has 1 N–H and O–H groups in total. The Hall–Kier alpha value is -2.31. The molecule has 2 aromatic carbocycles. The summed E-state index contributed by atoms with van der Waals surface area (Å²) in [5.74, 6) is 0.774. The number of carbonyl (C=O) groups is 2. The molecule has 1 atom stereocenters. The molecule has 146 valence electrons. The van der Waals surface area contributed by atoms with Gasteiger partial charge in [0.05, 0.1) is 39.0 Å². The number of hydrogen-bond donors (Lipinski definition) is 1. The van der Waals surface area contributed by atoms with Gasteiger partial charge in [-0.3, -0.25) is 9.59 Å². The molecule has 0 radical (unpaired) electrons. The number of nitrogens with one attached hydrogen (secondary N) is 1. The number of benzene rings is 2. The highest BCUT2D eigenvalue weighted by Gasteiger charge is 2.33. The molecule has 0 unspecified atom stereocenters. The van der Waals surface area contributed by atoms with Gasteiger partial charge in [-0.05, 0) is 23.3 Å². The van der Waals surface area contributed by atoms with Crippen molar-refractivity contribution in [3.8, 4) is 0 Å². The predicted octanol–water partition coefficient (Wildman–Crippen LogP) is 1.43. The summed E-state index contributed by atoms with van der Waals surface area (Å²) in [7, 11) is 2.17. The van der Waals surface area contributed by atoms with Gasteiger partial charge >= 0.3 is 0 Å². The third-order valence-corrected chi connectivity index (χ3v) is 6.77. The maximum Gasteiger partial charge on any atom is 0.254 e. The number of amides is 2. The van der Waals surface area contributed by atoms with E-state index in [9.17, 15) is 9.59 Å². The molecule has 0 spiro atoms. The van der Waals surface area contributed by atoms with Crippen LogP contribution in [0.4, 0.5) is 0 Å². The summed E-state index contributed by atoms with van der Waals surface area (Å²) in [6.07, 6.45) is 0. The SMILES string of the molecule is C[NH+]1CCN(C(=O)c2ccc([C@H]3SCC(=O)N3Cc3ccccc3)cc2)CC1. The highest BCUT2D eigenvalue weighted by molar-refractivity contribution is 8.00. The fourth-order valence-electron chi connectivity index (χ4n) is 3.75. The Balaban J connectivity index is 1.46. The molecule has 0 aromatic heterocycles. The van der Waals surface area contributed by atoms with Crippen molar-refractivity contribution in [1.82, 2.24) is 9.80 Å².